The minimum absolute atomic E-state index is 0.278. The van der Waals surface area contributed by atoms with Gasteiger partial charge in [-0.05, 0) is 30.9 Å². The van der Waals surface area contributed by atoms with Gasteiger partial charge in [0.15, 0.2) is 0 Å². The predicted molar refractivity (Wildman–Crippen MR) is 82.7 cm³/mol. The molecule has 0 unspecified atom stereocenters. The Hall–Kier alpha value is -1.51. The maximum Gasteiger partial charge on any atom is 0.227 e. The van der Waals surface area contributed by atoms with Crippen LogP contribution in [0.15, 0.2) is 18.2 Å². The van der Waals surface area contributed by atoms with E-state index in [0.717, 1.165) is 42.2 Å². The van der Waals surface area contributed by atoms with E-state index in [0.29, 0.717) is 6.42 Å². The maximum absolute atomic E-state index is 12.4. The predicted octanol–water partition coefficient (Wildman–Crippen LogP) is 3.52. The van der Waals surface area contributed by atoms with Crippen molar-refractivity contribution in [1.29, 1.82) is 0 Å². The highest BCUT2D eigenvalue weighted by atomic mass is 16.2. The zero-order chi connectivity index (χ0) is 13.9. The molecule has 1 aliphatic heterocycles. The van der Waals surface area contributed by atoms with Crippen LogP contribution in [-0.2, 0) is 11.2 Å². The third-order valence-electron chi connectivity index (χ3n) is 4.86. The second-order valence-electron chi connectivity index (χ2n) is 6.18. The molecule has 2 N–H and O–H groups in total. The number of amides is 1. The minimum Gasteiger partial charge on any atom is -0.398 e. The molecule has 0 radical (unpaired) electrons. The zero-order valence-electron chi connectivity index (χ0n) is 12.1. The molecule has 1 amide bonds. The summed E-state index contributed by atoms with van der Waals surface area (Å²) >= 11 is 0. The maximum atomic E-state index is 12.4. The molecule has 0 spiro atoms. The van der Waals surface area contributed by atoms with Crippen molar-refractivity contribution in [2.24, 2.45) is 5.92 Å². The Morgan fingerprint density at radius 3 is 2.85 bits per heavy atom. The average Bonchev–Trinajstić information content (AvgIpc) is 2.91. The molecule has 2 aliphatic rings. The Labute approximate surface area is 121 Å². The number of fused-ring (bicyclic) bond motifs is 1. The number of rotatable bonds is 3. The lowest BCUT2D eigenvalue weighted by Crippen LogP contribution is -2.29. The van der Waals surface area contributed by atoms with Crippen molar-refractivity contribution in [2.45, 2.75) is 51.4 Å². The Balaban J connectivity index is 1.60. The first-order chi connectivity index (χ1) is 9.75. The van der Waals surface area contributed by atoms with Crippen molar-refractivity contribution < 1.29 is 4.79 Å². The molecule has 0 bridgehead atoms. The second kappa shape index (κ2) is 5.86. The highest BCUT2D eigenvalue weighted by Gasteiger charge is 2.26. The van der Waals surface area contributed by atoms with Crippen LogP contribution in [0.4, 0.5) is 11.4 Å². The molecule has 20 heavy (non-hydrogen) atoms. The van der Waals surface area contributed by atoms with E-state index in [4.69, 9.17) is 5.73 Å². The molecule has 1 aromatic carbocycles. The SMILES string of the molecule is Nc1cccc2c1CCN2C(=O)CCC1CCCCC1. The van der Waals surface area contributed by atoms with E-state index >= 15 is 0 Å². The minimum atomic E-state index is 0.278. The molecule has 1 fully saturated rings. The van der Waals surface area contributed by atoms with Gasteiger partial charge in [0.1, 0.15) is 0 Å². The van der Waals surface area contributed by atoms with Gasteiger partial charge in [-0.3, -0.25) is 4.79 Å². The van der Waals surface area contributed by atoms with Crippen molar-refractivity contribution in [2.75, 3.05) is 17.2 Å². The van der Waals surface area contributed by atoms with Crippen LogP contribution in [0.1, 0.15) is 50.5 Å². The fourth-order valence-corrected chi connectivity index (χ4v) is 3.66. The molecule has 1 aromatic rings. The topological polar surface area (TPSA) is 46.3 Å². The van der Waals surface area contributed by atoms with E-state index in [1.807, 2.05) is 23.1 Å². The third kappa shape index (κ3) is 2.67. The molecule has 3 nitrogen and oxygen atoms in total. The van der Waals surface area contributed by atoms with Crippen molar-refractivity contribution in [1.82, 2.24) is 0 Å². The van der Waals surface area contributed by atoms with Gasteiger partial charge in [-0.2, -0.15) is 0 Å². The summed E-state index contributed by atoms with van der Waals surface area (Å²) in [5, 5.41) is 0. The lowest BCUT2D eigenvalue weighted by molar-refractivity contribution is -0.118. The van der Waals surface area contributed by atoms with Gasteiger partial charge in [-0.15, -0.1) is 0 Å². The van der Waals surface area contributed by atoms with Gasteiger partial charge in [-0.25, -0.2) is 0 Å². The molecule has 1 aliphatic carbocycles. The fraction of sp³-hybridized carbons (Fsp3) is 0.588. The normalized spacial score (nSPS) is 19.1. The van der Waals surface area contributed by atoms with E-state index in [1.165, 1.54) is 32.1 Å². The Morgan fingerprint density at radius 2 is 2.05 bits per heavy atom. The first-order valence-corrected chi connectivity index (χ1v) is 7.93. The van der Waals surface area contributed by atoms with Crippen LogP contribution in [0, 0.1) is 5.92 Å². The summed E-state index contributed by atoms with van der Waals surface area (Å²) < 4.78 is 0. The van der Waals surface area contributed by atoms with Gasteiger partial charge < -0.3 is 10.6 Å². The second-order valence-corrected chi connectivity index (χ2v) is 6.18. The fourth-order valence-electron chi connectivity index (χ4n) is 3.66. The number of nitrogens with zero attached hydrogens (tertiary/aromatic N) is 1. The quantitative estimate of drug-likeness (QED) is 0.856. The first-order valence-electron chi connectivity index (χ1n) is 7.93. The summed E-state index contributed by atoms with van der Waals surface area (Å²) in [4.78, 5) is 14.4. The van der Waals surface area contributed by atoms with Crippen molar-refractivity contribution >= 4 is 17.3 Å². The molecule has 0 atom stereocenters. The van der Waals surface area contributed by atoms with Crippen LogP contribution in [-0.4, -0.2) is 12.5 Å². The first kappa shape index (κ1) is 13.5. The highest BCUT2D eigenvalue weighted by Crippen LogP contribution is 2.33. The summed E-state index contributed by atoms with van der Waals surface area (Å²) in [6.45, 7) is 0.799. The number of benzene rings is 1. The molecule has 0 aromatic heterocycles. The average molecular weight is 272 g/mol. The molecule has 3 rings (SSSR count). The van der Waals surface area contributed by atoms with Crippen LogP contribution >= 0.6 is 0 Å². The number of anilines is 2. The van der Waals surface area contributed by atoms with Gasteiger partial charge in [0.05, 0.1) is 0 Å². The summed E-state index contributed by atoms with van der Waals surface area (Å²) in [5.41, 5.74) is 9.00. The monoisotopic (exact) mass is 272 g/mol. The summed E-state index contributed by atoms with van der Waals surface area (Å²) in [7, 11) is 0. The number of hydrogen-bond donors (Lipinski definition) is 1. The summed E-state index contributed by atoms with van der Waals surface area (Å²) in [6, 6.07) is 5.90. The van der Waals surface area contributed by atoms with E-state index in [2.05, 4.69) is 0 Å². The Kier molecular flexibility index (Phi) is 3.95. The molecule has 3 heteroatoms. The van der Waals surface area contributed by atoms with Gasteiger partial charge >= 0.3 is 0 Å². The molecular weight excluding hydrogens is 248 g/mol. The van der Waals surface area contributed by atoms with Gasteiger partial charge in [0.25, 0.3) is 0 Å². The third-order valence-corrected chi connectivity index (χ3v) is 4.86. The highest BCUT2D eigenvalue weighted by molar-refractivity contribution is 5.96. The molecule has 1 saturated carbocycles. The zero-order valence-corrected chi connectivity index (χ0v) is 12.1. The number of nitrogens with two attached hydrogens (primary N) is 1. The van der Waals surface area contributed by atoms with Crippen LogP contribution in [0.25, 0.3) is 0 Å². The lowest BCUT2D eigenvalue weighted by atomic mass is 9.86. The van der Waals surface area contributed by atoms with Gasteiger partial charge in [0.2, 0.25) is 5.91 Å². The largest absolute Gasteiger partial charge is 0.398 e. The van der Waals surface area contributed by atoms with Crippen molar-refractivity contribution in [3.63, 3.8) is 0 Å². The van der Waals surface area contributed by atoms with Crippen molar-refractivity contribution in [3.05, 3.63) is 23.8 Å². The standard InChI is InChI=1S/C17H24N2O/c18-15-7-4-8-16-14(15)11-12-19(16)17(20)10-9-13-5-2-1-3-6-13/h4,7-8,13H,1-3,5-6,9-12,18H2. The van der Waals surface area contributed by atoms with Gasteiger partial charge in [0, 0.05) is 29.9 Å². The molecule has 1 heterocycles. The van der Waals surface area contributed by atoms with Gasteiger partial charge in [-0.1, -0.05) is 38.2 Å². The van der Waals surface area contributed by atoms with E-state index < -0.39 is 0 Å². The molecular formula is C17H24N2O. The van der Waals surface area contributed by atoms with E-state index in [1.54, 1.807) is 0 Å². The van der Waals surface area contributed by atoms with Crippen LogP contribution < -0.4 is 10.6 Å². The number of carbonyl (C=O) groups excluding carboxylic acids is 1. The smallest absolute Gasteiger partial charge is 0.227 e. The Morgan fingerprint density at radius 1 is 1.25 bits per heavy atom. The summed E-state index contributed by atoms with van der Waals surface area (Å²) in [5.74, 6) is 1.05. The number of carbonyl (C=O) groups is 1. The van der Waals surface area contributed by atoms with E-state index in [-0.39, 0.29) is 5.91 Å². The lowest BCUT2D eigenvalue weighted by Gasteiger charge is -2.23. The number of hydrogen-bond acceptors (Lipinski definition) is 2. The van der Waals surface area contributed by atoms with Crippen LogP contribution in [0.5, 0.6) is 0 Å². The number of nitrogen functional groups attached to an aromatic ring is 1. The summed E-state index contributed by atoms with van der Waals surface area (Å²) in [6.07, 6.45) is 9.36. The molecule has 0 saturated heterocycles. The van der Waals surface area contributed by atoms with E-state index in [9.17, 15) is 4.79 Å². The van der Waals surface area contributed by atoms with Crippen LogP contribution in [0.2, 0.25) is 0 Å². The molecule has 108 valence electrons. The van der Waals surface area contributed by atoms with Crippen molar-refractivity contribution in [3.8, 4) is 0 Å². The van der Waals surface area contributed by atoms with Crippen LogP contribution in [0.3, 0.4) is 0 Å². The Bertz CT molecular complexity index is 492.